The van der Waals surface area contributed by atoms with Crippen molar-refractivity contribution in [1.29, 1.82) is 0 Å². The van der Waals surface area contributed by atoms with E-state index in [-0.39, 0.29) is 11.8 Å². The predicted molar refractivity (Wildman–Crippen MR) is 61.0 cm³/mol. The molecule has 92 valence electrons. The Kier molecular flexibility index (Phi) is 5.46. The Balaban J connectivity index is 2.38. The number of hydrogen-bond donors (Lipinski definition) is 0. The fourth-order valence-electron chi connectivity index (χ4n) is 1.96. The van der Waals surface area contributed by atoms with Crippen LogP contribution in [0.1, 0.15) is 26.7 Å². The standard InChI is InChI=1S/C12H21NO3/c1-10(2)7-11(9-14)8-12(15)13-3-5-16-6-4-13/h9-11H,3-8H2,1-2H3. The number of amides is 1. The third-order valence-electron chi connectivity index (χ3n) is 2.77. The number of morpholine rings is 1. The van der Waals surface area contributed by atoms with Crippen molar-refractivity contribution in [3.63, 3.8) is 0 Å². The molecule has 0 bridgehead atoms. The molecule has 1 aliphatic rings. The van der Waals surface area contributed by atoms with E-state index in [1.54, 1.807) is 4.90 Å². The van der Waals surface area contributed by atoms with Gasteiger partial charge in [-0.2, -0.15) is 0 Å². The van der Waals surface area contributed by atoms with Gasteiger partial charge in [-0.1, -0.05) is 13.8 Å². The number of nitrogens with zero attached hydrogens (tertiary/aromatic N) is 1. The lowest BCUT2D eigenvalue weighted by atomic mass is 9.95. The van der Waals surface area contributed by atoms with E-state index in [4.69, 9.17) is 4.74 Å². The highest BCUT2D eigenvalue weighted by molar-refractivity contribution is 5.79. The molecule has 1 atom stereocenters. The molecule has 4 nitrogen and oxygen atoms in total. The second-order valence-corrected chi connectivity index (χ2v) is 4.72. The van der Waals surface area contributed by atoms with Crippen molar-refractivity contribution in [3.05, 3.63) is 0 Å². The zero-order valence-electron chi connectivity index (χ0n) is 10.1. The van der Waals surface area contributed by atoms with E-state index in [2.05, 4.69) is 13.8 Å². The number of aldehydes is 1. The number of rotatable bonds is 5. The van der Waals surface area contributed by atoms with Crippen LogP contribution < -0.4 is 0 Å². The van der Waals surface area contributed by atoms with Crippen LogP contribution >= 0.6 is 0 Å². The van der Waals surface area contributed by atoms with Crippen molar-refractivity contribution in [2.45, 2.75) is 26.7 Å². The average Bonchev–Trinajstić information content (AvgIpc) is 2.28. The number of carbonyl (C=O) groups excluding carboxylic acids is 2. The van der Waals surface area contributed by atoms with Crippen molar-refractivity contribution in [2.24, 2.45) is 11.8 Å². The van der Waals surface area contributed by atoms with Gasteiger partial charge in [0.25, 0.3) is 0 Å². The fourth-order valence-corrected chi connectivity index (χ4v) is 1.96. The zero-order valence-corrected chi connectivity index (χ0v) is 10.1. The van der Waals surface area contributed by atoms with E-state index in [0.29, 0.717) is 38.6 Å². The van der Waals surface area contributed by atoms with Crippen molar-refractivity contribution < 1.29 is 14.3 Å². The normalized spacial score (nSPS) is 18.6. The van der Waals surface area contributed by atoms with Crippen LogP contribution in [0.15, 0.2) is 0 Å². The monoisotopic (exact) mass is 227 g/mol. The van der Waals surface area contributed by atoms with Gasteiger partial charge < -0.3 is 14.4 Å². The van der Waals surface area contributed by atoms with Gasteiger partial charge in [0.15, 0.2) is 0 Å². The Hall–Kier alpha value is -0.900. The fraction of sp³-hybridized carbons (Fsp3) is 0.833. The number of hydrogen-bond acceptors (Lipinski definition) is 3. The molecule has 1 fully saturated rings. The molecule has 1 heterocycles. The molecule has 1 saturated heterocycles. The first-order chi connectivity index (χ1) is 7.63. The van der Waals surface area contributed by atoms with Crippen LogP contribution in [0.25, 0.3) is 0 Å². The van der Waals surface area contributed by atoms with Gasteiger partial charge in [0, 0.05) is 25.4 Å². The number of ether oxygens (including phenoxy) is 1. The van der Waals surface area contributed by atoms with Crippen LogP contribution in [0, 0.1) is 11.8 Å². The van der Waals surface area contributed by atoms with Gasteiger partial charge in [-0.3, -0.25) is 4.79 Å². The molecular formula is C12H21NO3. The summed E-state index contributed by atoms with van der Waals surface area (Å²) in [5.74, 6) is 0.407. The molecule has 0 saturated carbocycles. The van der Waals surface area contributed by atoms with Gasteiger partial charge >= 0.3 is 0 Å². The first kappa shape index (κ1) is 13.2. The minimum atomic E-state index is -0.129. The topological polar surface area (TPSA) is 46.6 Å². The molecule has 0 aromatic carbocycles. The van der Waals surface area contributed by atoms with Crippen LogP contribution in [0.3, 0.4) is 0 Å². The van der Waals surface area contributed by atoms with Crippen LogP contribution in [0.2, 0.25) is 0 Å². The van der Waals surface area contributed by atoms with Gasteiger partial charge in [-0.15, -0.1) is 0 Å². The molecule has 16 heavy (non-hydrogen) atoms. The number of carbonyl (C=O) groups is 2. The van der Waals surface area contributed by atoms with Crippen LogP contribution in [0.5, 0.6) is 0 Å². The summed E-state index contributed by atoms with van der Waals surface area (Å²) in [5, 5.41) is 0. The minimum Gasteiger partial charge on any atom is -0.378 e. The molecule has 0 aromatic rings. The van der Waals surface area contributed by atoms with E-state index < -0.39 is 0 Å². The van der Waals surface area contributed by atoms with E-state index in [0.717, 1.165) is 12.7 Å². The average molecular weight is 227 g/mol. The van der Waals surface area contributed by atoms with Crippen LogP contribution in [0.4, 0.5) is 0 Å². The molecule has 0 N–H and O–H groups in total. The summed E-state index contributed by atoms with van der Waals surface area (Å²) in [4.78, 5) is 24.5. The highest BCUT2D eigenvalue weighted by Gasteiger charge is 2.21. The van der Waals surface area contributed by atoms with E-state index >= 15 is 0 Å². The van der Waals surface area contributed by atoms with Gasteiger partial charge in [0.05, 0.1) is 13.2 Å². The summed E-state index contributed by atoms with van der Waals surface area (Å²) in [6, 6.07) is 0. The lowest BCUT2D eigenvalue weighted by Crippen LogP contribution is -2.41. The smallest absolute Gasteiger partial charge is 0.223 e. The van der Waals surface area contributed by atoms with Crippen molar-refractivity contribution >= 4 is 12.2 Å². The van der Waals surface area contributed by atoms with Gasteiger partial charge in [0.1, 0.15) is 6.29 Å². The summed E-state index contributed by atoms with van der Waals surface area (Å²) < 4.78 is 5.18. The highest BCUT2D eigenvalue weighted by atomic mass is 16.5. The Morgan fingerprint density at radius 1 is 1.38 bits per heavy atom. The van der Waals surface area contributed by atoms with Gasteiger partial charge in [-0.25, -0.2) is 0 Å². The first-order valence-corrected chi connectivity index (χ1v) is 5.94. The SMILES string of the molecule is CC(C)CC(C=O)CC(=O)N1CCOCC1. The van der Waals surface area contributed by atoms with E-state index in [9.17, 15) is 9.59 Å². The second-order valence-electron chi connectivity index (χ2n) is 4.72. The molecule has 0 aliphatic carbocycles. The lowest BCUT2D eigenvalue weighted by molar-refractivity contribution is -0.137. The Bertz CT molecular complexity index is 234. The molecule has 0 radical (unpaired) electrons. The minimum absolute atomic E-state index is 0.0843. The van der Waals surface area contributed by atoms with Crippen LogP contribution in [-0.2, 0) is 14.3 Å². The maximum absolute atomic E-state index is 11.9. The molecular weight excluding hydrogens is 206 g/mol. The van der Waals surface area contributed by atoms with Gasteiger partial charge in [0.2, 0.25) is 5.91 Å². The summed E-state index contributed by atoms with van der Waals surface area (Å²) in [6.07, 6.45) is 2.06. The van der Waals surface area contributed by atoms with Crippen molar-refractivity contribution in [1.82, 2.24) is 4.90 Å². The van der Waals surface area contributed by atoms with Crippen molar-refractivity contribution in [3.8, 4) is 0 Å². The van der Waals surface area contributed by atoms with E-state index in [1.807, 2.05) is 0 Å². The largest absolute Gasteiger partial charge is 0.378 e. The summed E-state index contributed by atoms with van der Waals surface area (Å²) in [6.45, 7) is 6.67. The maximum Gasteiger partial charge on any atom is 0.223 e. The Morgan fingerprint density at radius 2 is 2.00 bits per heavy atom. The third-order valence-corrected chi connectivity index (χ3v) is 2.77. The highest BCUT2D eigenvalue weighted by Crippen LogP contribution is 2.15. The first-order valence-electron chi connectivity index (χ1n) is 5.94. The Morgan fingerprint density at radius 3 is 2.50 bits per heavy atom. The third kappa shape index (κ3) is 4.31. The maximum atomic E-state index is 11.9. The quantitative estimate of drug-likeness (QED) is 0.661. The summed E-state index contributed by atoms with van der Waals surface area (Å²) >= 11 is 0. The molecule has 1 rings (SSSR count). The molecule has 0 spiro atoms. The molecule has 4 heteroatoms. The summed E-state index contributed by atoms with van der Waals surface area (Å²) in [5.41, 5.74) is 0. The lowest BCUT2D eigenvalue weighted by Gasteiger charge is -2.27. The zero-order chi connectivity index (χ0) is 12.0. The molecule has 1 unspecified atom stereocenters. The van der Waals surface area contributed by atoms with Crippen molar-refractivity contribution in [2.75, 3.05) is 26.3 Å². The predicted octanol–water partition coefficient (Wildman–Crippen LogP) is 1.10. The molecule has 1 aliphatic heterocycles. The molecule has 0 aromatic heterocycles. The van der Waals surface area contributed by atoms with Crippen LogP contribution in [-0.4, -0.2) is 43.4 Å². The van der Waals surface area contributed by atoms with Gasteiger partial charge in [-0.05, 0) is 12.3 Å². The summed E-state index contributed by atoms with van der Waals surface area (Å²) in [7, 11) is 0. The molecule has 1 amide bonds. The Labute approximate surface area is 96.9 Å². The second kappa shape index (κ2) is 6.63. The van der Waals surface area contributed by atoms with E-state index in [1.165, 1.54) is 0 Å².